The van der Waals surface area contributed by atoms with Crippen LogP contribution in [-0.2, 0) is 4.79 Å². The standard InChI is InChI=1S/C16H15F2NO2/c1-10-5-3-4-6-15(10)21-11(2)16(20)19-14-8-7-12(17)9-13(14)18/h3-9,11H,1-2H3,(H,19,20)/t11-/m0/s1. The first-order valence-corrected chi connectivity index (χ1v) is 6.45. The van der Waals surface area contributed by atoms with E-state index in [0.29, 0.717) is 11.8 Å². The summed E-state index contributed by atoms with van der Waals surface area (Å²) in [4.78, 5) is 12.0. The lowest BCUT2D eigenvalue weighted by atomic mass is 10.2. The molecule has 2 aromatic carbocycles. The van der Waals surface area contributed by atoms with Gasteiger partial charge in [-0.1, -0.05) is 18.2 Å². The number of hydrogen-bond donors (Lipinski definition) is 1. The van der Waals surface area contributed by atoms with Crippen molar-refractivity contribution in [2.24, 2.45) is 0 Å². The number of benzene rings is 2. The Labute approximate surface area is 121 Å². The van der Waals surface area contributed by atoms with Gasteiger partial charge in [0.1, 0.15) is 17.4 Å². The van der Waals surface area contributed by atoms with Crippen LogP contribution in [0.1, 0.15) is 12.5 Å². The maximum Gasteiger partial charge on any atom is 0.265 e. The van der Waals surface area contributed by atoms with Crippen molar-refractivity contribution in [1.29, 1.82) is 0 Å². The van der Waals surface area contributed by atoms with E-state index in [4.69, 9.17) is 4.74 Å². The smallest absolute Gasteiger partial charge is 0.265 e. The van der Waals surface area contributed by atoms with Crippen LogP contribution in [0.3, 0.4) is 0 Å². The summed E-state index contributed by atoms with van der Waals surface area (Å²) in [5.41, 5.74) is 0.812. The Morgan fingerprint density at radius 2 is 1.90 bits per heavy atom. The van der Waals surface area contributed by atoms with Crippen molar-refractivity contribution in [3.63, 3.8) is 0 Å². The zero-order valence-corrected chi connectivity index (χ0v) is 11.7. The summed E-state index contributed by atoms with van der Waals surface area (Å²) in [7, 11) is 0. The van der Waals surface area contributed by atoms with Gasteiger partial charge >= 0.3 is 0 Å². The lowest BCUT2D eigenvalue weighted by molar-refractivity contribution is -0.122. The maximum absolute atomic E-state index is 13.5. The minimum absolute atomic E-state index is 0.0818. The molecule has 0 saturated heterocycles. The Balaban J connectivity index is 2.04. The molecule has 2 aromatic rings. The van der Waals surface area contributed by atoms with Crippen molar-refractivity contribution in [2.45, 2.75) is 20.0 Å². The number of ether oxygens (including phenoxy) is 1. The molecular weight excluding hydrogens is 276 g/mol. The first-order valence-electron chi connectivity index (χ1n) is 6.45. The minimum Gasteiger partial charge on any atom is -0.481 e. The number of hydrogen-bond acceptors (Lipinski definition) is 2. The molecule has 5 heteroatoms. The number of halogens is 2. The molecule has 0 unspecified atom stereocenters. The van der Waals surface area contributed by atoms with Crippen LogP contribution < -0.4 is 10.1 Å². The number of carbonyl (C=O) groups excluding carboxylic acids is 1. The van der Waals surface area contributed by atoms with E-state index in [1.165, 1.54) is 6.07 Å². The van der Waals surface area contributed by atoms with Crippen LogP contribution in [0.4, 0.5) is 14.5 Å². The second-order valence-electron chi connectivity index (χ2n) is 4.64. The third kappa shape index (κ3) is 3.78. The molecule has 21 heavy (non-hydrogen) atoms. The quantitative estimate of drug-likeness (QED) is 0.933. The average molecular weight is 291 g/mol. The van der Waals surface area contributed by atoms with Crippen LogP contribution in [0.2, 0.25) is 0 Å². The summed E-state index contributed by atoms with van der Waals surface area (Å²) in [5.74, 6) is -1.45. The summed E-state index contributed by atoms with van der Waals surface area (Å²) in [6.07, 6.45) is -0.810. The van der Waals surface area contributed by atoms with Crippen LogP contribution in [0.25, 0.3) is 0 Å². The van der Waals surface area contributed by atoms with Gasteiger partial charge in [0.2, 0.25) is 0 Å². The molecule has 0 radical (unpaired) electrons. The second kappa shape index (κ2) is 6.35. The number of para-hydroxylation sites is 1. The molecule has 0 aliphatic carbocycles. The monoisotopic (exact) mass is 291 g/mol. The summed E-state index contributed by atoms with van der Waals surface area (Å²) in [6, 6.07) is 10.2. The Bertz CT molecular complexity index is 658. The largest absolute Gasteiger partial charge is 0.481 e. The van der Waals surface area contributed by atoms with E-state index in [1.807, 2.05) is 19.1 Å². The number of rotatable bonds is 4. The van der Waals surface area contributed by atoms with Gasteiger partial charge in [-0.15, -0.1) is 0 Å². The molecule has 0 aromatic heterocycles. The fourth-order valence-corrected chi connectivity index (χ4v) is 1.76. The third-order valence-electron chi connectivity index (χ3n) is 2.96. The second-order valence-corrected chi connectivity index (χ2v) is 4.64. The average Bonchev–Trinajstić information content (AvgIpc) is 2.44. The van der Waals surface area contributed by atoms with E-state index in [0.717, 1.165) is 11.6 Å². The molecule has 0 saturated carbocycles. The SMILES string of the molecule is Cc1ccccc1O[C@@H](C)C(=O)Nc1ccc(F)cc1F. The van der Waals surface area contributed by atoms with Gasteiger partial charge in [0.15, 0.2) is 6.10 Å². The van der Waals surface area contributed by atoms with Crippen LogP contribution in [0.5, 0.6) is 5.75 Å². The van der Waals surface area contributed by atoms with E-state index in [9.17, 15) is 13.6 Å². The highest BCUT2D eigenvalue weighted by molar-refractivity contribution is 5.94. The molecule has 0 aliphatic heterocycles. The first-order chi connectivity index (χ1) is 9.97. The number of anilines is 1. The van der Waals surface area contributed by atoms with Gasteiger partial charge in [-0.3, -0.25) is 4.79 Å². The fourth-order valence-electron chi connectivity index (χ4n) is 1.76. The van der Waals surface area contributed by atoms with E-state index >= 15 is 0 Å². The van der Waals surface area contributed by atoms with E-state index in [-0.39, 0.29) is 5.69 Å². The predicted molar refractivity (Wildman–Crippen MR) is 76.3 cm³/mol. The van der Waals surface area contributed by atoms with Gasteiger partial charge in [0.05, 0.1) is 5.69 Å². The normalized spacial score (nSPS) is 11.8. The maximum atomic E-state index is 13.5. The summed E-state index contributed by atoms with van der Waals surface area (Å²) in [5, 5.41) is 2.37. The van der Waals surface area contributed by atoms with Gasteiger partial charge in [-0.2, -0.15) is 0 Å². The van der Waals surface area contributed by atoms with Gasteiger partial charge in [0, 0.05) is 6.07 Å². The minimum atomic E-state index is -0.827. The molecule has 1 atom stereocenters. The Morgan fingerprint density at radius 3 is 2.57 bits per heavy atom. The zero-order chi connectivity index (χ0) is 15.4. The van der Waals surface area contributed by atoms with E-state index in [1.54, 1.807) is 19.1 Å². The highest BCUT2D eigenvalue weighted by atomic mass is 19.1. The fraction of sp³-hybridized carbons (Fsp3) is 0.188. The van der Waals surface area contributed by atoms with Gasteiger partial charge in [0.25, 0.3) is 5.91 Å². The van der Waals surface area contributed by atoms with E-state index < -0.39 is 23.6 Å². The van der Waals surface area contributed by atoms with Crippen molar-refractivity contribution in [3.05, 3.63) is 59.7 Å². The molecular formula is C16H15F2NO2. The van der Waals surface area contributed by atoms with Crippen molar-refractivity contribution < 1.29 is 18.3 Å². The Morgan fingerprint density at radius 1 is 1.19 bits per heavy atom. The van der Waals surface area contributed by atoms with Crippen molar-refractivity contribution in [2.75, 3.05) is 5.32 Å². The van der Waals surface area contributed by atoms with Crippen molar-refractivity contribution in [1.82, 2.24) is 0 Å². The van der Waals surface area contributed by atoms with Crippen molar-refractivity contribution >= 4 is 11.6 Å². The molecule has 3 nitrogen and oxygen atoms in total. The number of amides is 1. The Kier molecular flexibility index (Phi) is 4.52. The van der Waals surface area contributed by atoms with Crippen LogP contribution in [-0.4, -0.2) is 12.0 Å². The highest BCUT2D eigenvalue weighted by Gasteiger charge is 2.17. The molecule has 1 N–H and O–H groups in total. The molecule has 1 amide bonds. The van der Waals surface area contributed by atoms with E-state index in [2.05, 4.69) is 5.32 Å². The molecule has 0 spiro atoms. The molecule has 0 bridgehead atoms. The van der Waals surface area contributed by atoms with Gasteiger partial charge < -0.3 is 10.1 Å². The van der Waals surface area contributed by atoms with Gasteiger partial charge in [-0.05, 0) is 37.6 Å². The highest BCUT2D eigenvalue weighted by Crippen LogP contribution is 2.19. The first kappa shape index (κ1) is 15.0. The molecule has 0 fully saturated rings. The predicted octanol–water partition coefficient (Wildman–Crippen LogP) is 3.68. The third-order valence-corrected chi connectivity index (χ3v) is 2.96. The lowest BCUT2D eigenvalue weighted by Gasteiger charge is -2.16. The van der Waals surface area contributed by atoms with Crippen molar-refractivity contribution in [3.8, 4) is 5.75 Å². The summed E-state index contributed by atoms with van der Waals surface area (Å²) >= 11 is 0. The molecule has 2 rings (SSSR count). The van der Waals surface area contributed by atoms with Crippen LogP contribution in [0.15, 0.2) is 42.5 Å². The molecule has 0 heterocycles. The lowest BCUT2D eigenvalue weighted by Crippen LogP contribution is -2.30. The molecule has 110 valence electrons. The number of carbonyl (C=O) groups is 1. The Hall–Kier alpha value is -2.43. The van der Waals surface area contributed by atoms with Crippen LogP contribution >= 0.6 is 0 Å². The number of aryl methyl sites for hydroxylation is 1. The van der Waals surface area contributed by atoms with Gasteiger partial charge in [-0.25, -0.2) is 8.78 Å². The summed E-state index contributed by atoms with van der Waals surface area (Å²) in [6.45, 7) is 3.42. The zero-order valence-electron chi connectivity index (χ0n) is 11.7. The van der Waals surface area contributed by atoms with Crippen LogP contribution in [0, 0.1) is 18.6 Å². The topological polar surface area (TPSA) is 38.3 Å². The summed E-state index contributed by atoms with van der Waals surface area (Å²) < 4.78 is 31.8. The molecule has 0 aliphatic rings. The number of nitrogens with one attached hydrogen (secondary N) is 1.